The third kappa shape index (κ3) is 1.98. The SMILES string of the molecule is CC(C)CN1C(=O)C(C)SC1=S. The molecular formula is C8H13NOS2. The highest BCUT2D eigenvalue weighted by atomic mass is 32.2. The lowest BCUT2D eigenvalue weighted by atomic mass is 10.2. The first-order chi connectivity index (χ1) is 5.52. The molecule has 1 unspecified atom stereocenters. The second-order valence-corrected chi connectivity index (χ2v) is 5.34. The largest absolute Gasteiger partial charge is 0.297 e. The lowest BCUT2D eigenvalue weighted by Gasteiger charge is -2.17. The van der Waals surface area contributed by atoms with Crippen LogP contribution in [0.25, 0.3) is 0 Å². The van der Waals surface area contributed by atoms with E-state index in [1.807, 2.05) is 6.92 Å². The Morgan fingerprint density at radius 2 is 2.25 bits per heavy atom. The van der Waals surface area contributed by atoms with E-state index in [1.54, 1.807) is 4.90 Å². The van der Waals surface area contributed by atoms with Crippen molar-refractivity contribution in [1.82, 2.24) is 4.90 Å². The van der Waals surface area contributed by atoms with Gasteiger partial charge < -0.3 is 0 Å². The second-order valence-electron chi connectivity index (χ2n) is 3.37. The Morgan fingerprint density at radius 3 is 2.58 bits per heavy atom. The predicted molar refractivity (Wildman–Crippen MR) is 56.2 cm³/mol. The lowest BCUT2D eigenvalue weighted by molar-refractivity contribution is -0.126. The first-order valence-corrected chi connectivity index (χ1v) is 5.33. The van der Waals surface area contributed by atoms with Crippen LogP contribution in [-0.2, 0) is 4.79 Å². The van der Waals surface area contributed by atoms with Crippen molar-refractivity contribution in [3.05, 3.63) is 0 Å². The Hall–Kier alpha value is -0.0900. The minimum Gasteiger partial charge on any atom is -0.297 e. The first kappa shape index (κ1) is 9.99. The molecule has 68 valence electrons. The van der Waals surface area contributed by atoms with Gasteiger partial charge in [-0.05, 0) is 12.8 Å². The number of nitrogens with zero attached hydrogens (tertiary/aromatic N) is 1. The number of amides is 1. The molecule has 0 aromatic carbocycles. The monoisotopic (exact) mass is 203 g/mol. The maximum atomic E-state index is 11.5. The summed E-state index contributed by atoms with van der Waals surface area (Å²) in [5.74, 6) is 0.650. The van der Waals surface area contributed by atoms with Crippen LogP contribution in [0.1, 0.15) is 20.8 Å². The summed E-state index contributed by atoms with van der Waals surface area (Å²) in [5, 5.41) is 0.0243. The molecule has 0 saturated carbocycles. The van der Waals surface area contributed by atoms with Gasteiger partial charge in [0.25, 0.3) is 0 Å². The van der Waals surface area contributed by atoms with Crippen molar-refractivity contribution in [2.45, 2.75) is 26.0 Å². The molecule has 1 rings (SSSR count). The zero-order chi connectivity index (χ0) is 9.30. The van der Waals surface area contributed by atoms with Gasteiger partial charge >= 0.3 is 0 Å². The summed E-state index contributed by atoms with van der Waals surface area (Å²) in [4.78, 5) is 13.2. The van der Waals surface area contributed by atoms with Crippen LogP contribution in [0.3, 0.4) is 0 Å². The lowest BCUT2D eigenvalue weighted by Crippen LogP contribution is -2.33. The van der Waals surface area contributed by atoms with Crippen LogP contribution < -0.4 is 0 Å². The van der Waals surface area contributed by atoms with Crippen LogP contribution in [0.15, 0.2) is 0 Å². The van der Waals surface area contributed by atoms with E-state index >= 15 is 0 Å². The fourth-order valence-electron chi connectivity index (χ4n) is 1.10. The Balaban J connectivity index is 2.64. The molecule has 0 spiro atoms. The number of hydrogen-bond donors (Lipinski definition) is 0. The van der Waals surface area contributed by atoms with Crippen LogP contribution in [0.5, 0.6) is 0 Å². The average Bonchev–Trinajstić information content (AvgIpc) is 2.16. The summed E-state index contributed by atoms with van der Waals surface area (Å²) in [6.45, 7) is 6.84. The van der Waals surface area contributed by atoms with Crippen LogP contribution >= 0.6 is 24.0 Å². The van der Waals surface area contributed by atoms with Crippen molar-refractivity contribution in [3.63, 3.8) is 0 Å². The number of rotatable bonds is 2. The molecule has 12 heavy (non-hydrogen) atoms. The Labute approximate surface area is 82.7 Å². The third-order valence-corrected chi connectivity index (χ3v) is 3.15. The standard InChI is InChI=1S/C8H13NOS2/c1-5(2)4-9-7(10)6(3)12-8(9)11/h5-6H,4H2,1-3H3. The van der Waals surface area contributed by atoms with E-state index in [2.05, 4.69) is 13.8 Å². The van der Waals surface area contributed by atoms with Gasteiger partial charge in [-0.3, -0.25) is 9.69 Å². The second kappa shape index (κ2) is 3.75. The van der Waals surface area contributed by atoms with Gasteiger partial charge in [0, 0.05) is 6.54 Å². The van der Waals surface area contributed by atoms with E-state index in [9.17, 15) is 4.79 Å². The summed E-state index contributed by atoms with van der Waals surface area (Å²) in [6.07, 6.45) is 0. The quantitative estimate of drug-likeness (QED) is 0.639. The Kier molecular flexibility index (Phi) is 3.12. The van der Waals surface area contributed by atoms with Crippen molar-refractivity contribution >= 4 is 34.2 Å². The number of hydrogen-bond acceptors (Lipinski definition) is 3. The minimum atomic E-state index is 0.0243. The van der Waals surface area contributed by atoms with Crippen LogP contribution in [0.2, 0.25) is 0 Å². The molecule has 1 heterocycles. The van der Waals surface area contributed by atoms with Crippen molar-refractivity contribution < 1.29 is 4.79 Å². The molecule has 0 radical (unpaired) electrons. The van der Waals surface area contributed by atoms with Gasteiger partial charge in [-0.25, -0.2) is 0 Å². The summed E-state index contributed by atoms with van der Waals surface area (Å²) < 4.78 is 0.737. The van der Waals surface area contributed by atoms with E-state index in [4.69, 9.17) is 12.2 Å². The summed E-state index contributed by atoms with van der Waals surface area (Å²) in [6, 6.07) is 0. The van der Waals surface area contributed by atoms with Crippen molar-refractivity contribution in [1.29, 1.82) is 0 Å². The molecule has 2 nitrogen and oxygen atoms in total. The topological polar surface area (TPSA) is 20.3 Å². The molecule has 0 aliphatic carbocycles. The predicted octanol–water partition coefficient (Wildman–Crippen LogP) is 1.89. The number of thioether (sulfide) groups is 1. The maximum absolute atomic E-state index is 11.5. The zero-order valence-corrected chi connectivity index (χ0v) is 9.17. The molecule has 0 bridgehead atoms. The first-order valence-electron chi connectivity index (χ1n) is 4.04. The molecule has 1 saturated heterocycles. The molecule has 1 atom stereocenters. The molecule has 0 N–H and O–H groups in total. The van der Waals surface area contributed by atoms with Gasteiger partial charge in [0.15, 0.2) is 0 Å². The van der Waals surface area contributed by atoms with E-state index < -0.39 is 0 Å². The van der Waals surface area contributed by atoms with E-state index in [-0.39, 0.29) is 11.2 Å². The molecule has 1 aliphatic rings. The minimum absolute atomic E-state index is 0.0243. The number of carbonyl (C=O) groups excluding carboxylic acids is 1. The normalized spacial score (nSPS) is 24.3. The number of thiocarbonyl (C=S) groups is 1. The summed E-state index contributed by atoms with van der Waals surface area (Å²) in [5.41, 5.74) is 0. The fourth-order valence-corrected chi connectivity index (χ4v) is 2.52. The smallest absolute Gasteiger partial charge is 0.241 e. The Morgan fingerprint density at radius 1 is 1.67 bits per heavy atom. The molecule has 1 amide bonds. The van der Waals surface area contributed by atoms with Crippen LogP contribution in [0.4, 0.5) is 0 Å². The molecule has 4 heteroatoms. The molecule has 0 aromatic heterocycles. The van der Waals surface area contributed by atoms with Gasteiger partial charge in [0.1, 0.15) is 4.32 Å². The fraction of sp³-hybridized carbons (Fsp3) is 0.750. The maximum Gasteiger partial charge on any atom is 0.241 e. The van der Waals surface area contributed by atoms with Crippen LogP contribution in [0, 0.1) is 5.92 Å². The Bertz CT molecular complexity index is 215. The molecule has 0 aromatic rings. The van der Waals surface area contributed by atoms with Crippen molar-refractivity contribution in [3.8, 4) is 0 Å². The van der Waals surface area contributed by atoms with Gasteiger partial charge in [-0.15, -0.1) is 0 Å². The van der Waals surface area contributed by atoms with Crippen LogP contribution in [-0.4, -0.2) is 26.9 Å². The highest BCUT2D eigenvalue weighted by Crippen LogP contribution is 2.27. The third-order valence-electron chi connectivity index (χ3n) is 1.66. The van der Waals surface area contributed by atoms with E-state index in [1.165, 1.54) is 11.8 Å². The van der Waals surface area contributed by atoms with E-state index in [0.29, 0.717) is 5.92 Å². The molecule has 1 fully saturated rings. The average molecular weight is 203 g/mol. The van der Waals surface area contributed by atoms with Gasteiger partial charge in [0.05, 0.1) is 5.25 Å². The van der Waals surface area contributed by atoms with Gasteiger partial charge in [-0.1, -0.05) is 37.8 Å². The highest BCUT2D eigenvalue weighted by Gasteiger charge is 2.33. The number of carbonyl (C=O) groups is 1. The molecule has 1 aliphatic heterocycles. The van der Waals surface area contributed by atoms with E-state index in [0.717, 1.165) is 10.9 Å². The summed E-state index contributed by atoms with van der Waals surface area (Å²) in [7, 11) is 0. The zero-order valence-electron chi connectivity index (χ0n) is 7.53. The van der Waals surface area contributed by atoms with Gasteiger partial charge in [-0.2, -0.15) is 0 Å². The molecular weight excluding hydrogens is 190 g/mol. The highest BCUT2D eigenvalue weighted by molar-refractivity contribution is 8.24. The van der Waals surface area contributed by atoms with Gasteiger partial charge in [0.2, 0.25) is 5.91 Å². The van der Waals surface area contributed by atoms with Crippen molar-refractivity contribution in [2.24, 2.45) is 5.92 Å². The summed E-state index contributed by atoms with van der Waals surface area (Å²) >= 11 is 6.57. The van der Waals surface area contributed by atoms with Crippen molar-refractivity contribution in [2.75, 3.05) is 6.54 Å².